The van der Waals surface area contributed by atoms with Crippen LogP contribution in [0.4, 0.5) is 0 Å². The first kappa shape index (κ1) is 28.1. The number of nitrogens with zero attached hydrogens (tertiary/aromatic N) is 3. The van der Waals surface area contributed by atoms with Gasteiger partial charge in [0.05, 0.1) is 29.2 Å². The van der Waals surface area contributed by atoms with Crippen molar-refractivity contribution < 1.29 is 24.8 Å². The fraction of sp³-hybridized carbons (Fsp3) is 0.417. The van der Waals surface area contributed by atoms with Crippen LogP contribution in [0.1, 0.15) is 30.7 Å². The Hall–Kier alpha value is -1.44. The van der Waals surface area contributed by atoms with Gasteiger partial charge in [-0.3, -0.25) is 0 Å². The van der Waals surface area contributed by atoms with Crippen LogP contribution < -0.4 is 9.47 Å². The molecule has 8 nitrogen and oxygen atoms in total. The van der Waals surface area contributed by atoms with Gasteiger partial charge in [0, 0.05) is 5.41 Å². The van der Waals surface area contributed by atoms with Gasteiger partial charge in [-0.05, 0) is 73.9 Å². The number of rotatable bonds is 12. The van der Waals surface area contributed by atoms with Crippen LogP contribution in [0, 0.1) is 3.70 Å². The van der Waals surface area contributed by atoms with Crippen molar-refractivity contribution in [2.75, 3.05) is 19.1 Å². The third-order valence-corrected chi connectivity index (χ3v) is 7.42. The zero-order valence-corrected chi connectivity index (χ0v) is 23.9. The van der Waals surface area contributed by atoms with Crippen molar-refractivity contribution >= 4 is 50.1 Å². The van der Waals surface area contributed by atoms with Gasteiger partial charge in [0.25, 0.3) is 0 Å². The molecule has 0 aliphatic carbocycles. The third kappa shape index (κ3) is 7.30. The molecular formula is C24H28BrClIN3O5. The van der Waals surface area contributed by atoms with Crippen molar-refractivity contribution in [2.45, 2.75) is 44.6 Å². The van der Waals surface area contributed by atoms with Crippen LogP contribution in [0.2, 0.25) is 0 Å². The van der Waals surface area contributed by atoms with Gasteiger partial charge in [-0.25, -0.2) is 4.68 Å². The molecule has 0 aliphatic rings. The van der Waals surface area contributed by atoms with Crippen LogP contribution in [0.5, 0.6) is 11.5 Å². The minimum atomic E-state index is -0.808. The minimum absolute atomic E-state index is 0.0802. The van der Waals surface area contributed by atoms with Gasteiger partial charge in [-0.2, -0.15) is 0 Å². The van der Waals surface area contributed by atoms with Crippen molar-refractivity contribution in [1.82, 2.24) is 15.0 Å². The Morgan fingerprint density at radius 3 is 2.34 bits per heavy atom. The summed E-state index contributed by atoms with van der Waals surface area (Å²) in [5, 5.41) is 37.2. The first-order valence-electron chi connectivity index (χ1n) is 10.9. The number of halogens is 3. The van der Waals surface area contributed by atoms with Crippen molar-refractivity contribution in [2.24, 2.45) is 0 Å². The molecule has 1 heterocycles. The van der Waals surface area contributed by atoms with E-state index in [2.05, 4.69) is 40.1 Å². The molecule has 3 aromatic rings. The summed E-state index contributed by atoms with van der Waals surface area (Å²) in [5.41, 5.74) is 2.45. The Labute approximate surface area is 231 Å². The van der Waals surface area contributed by atoms with Gasteiger partial charge in [-0.15, -0.1) is 16.7 Å². The fourth-order valence-electron chi connectivity index (χ4n) is 3.42. The van der Waals surface area contributed by atoms with E-state index in [1.165, 1.54) is 4.68 Å². The fourth-order valence-corrected chi connectivity index (χ4v) is 4.55. The molecule has 0 saturated carbocycles. The maximum atomic E-state index is 10.3. The molecule has 0 bridgehead atoms. The lowest BCUT2D eigenvalue weighted by atomic mass is 9.78. The van der Waals surface area contributed by atoms with Crippen LogP contribution in [-0.4, -0.2) is 61.6 Å². The van der Waals surface area contributed by atoms with Crippen LogP contribution in [-0.2, 0) is 18.6 Å². The van der Waals surface area contributed by atoms with E-state index >= 15 is 0 Å². The van der Waals surface area contributed by atoms with Gasteiger partial charge < -0.3 is 24.8 Å². The molecule has 11 heteroatoms. The van der Waals surface area contributed by atoms with E-state index in [1.807, 2.05) is 65.1 Å². The van der Waals surface area contributed by atoms with Crippen molar-refractivity contribution in [3.05, 3.63) is 67.5 Å². The predicted molar refractivity (Wildman–Crippen MR) is 145 cm³/mol. The van der Waals surface area contributed by atoms with E-state index < -0.39 is 12.2 Å². The monoisotopic (exact) mass is 675 g/mol. The second-order valence-electron chi connectivity index (χ2n) is 8.55. The highest BCUT2D eigenvalue weighted by atomic mass is 123. The highest BCUT2D eigenvalue weighted by molar-refractivity contribution is 14.1. The second kappa shape index (κ2) is 12.7. The predicted octanol–water partition coefficient (Wildman–Crippen LogP) is 3.88. The molecule has 0 unspecified atom stereocenters. The number of hydrogen-bond donors (Lipinski definition) is 3. The van der Waals surface area contributed by atoms with E-state index in [0.29, 0.717) is 20.9 Å². The molecule has 0 aliphatic heterocycles. The molecule has 3 rings (SSSR count). The van der Waals surface area contributed by atoms with Crippen LogP contribution in [0.15, 0.2) is 46.9 Å². The summed E-state index contributed by atoms with van der Waals surface area (Å²) in [6, 6.07) is 13.6. The average Bonchev–Trinajstić information content (AvgIpc) is 3.20. The first-order chi connectivity index (χ1) is 16.6. The summed E-state index contributed by atoms with van der Waals surface area (Å²) >= 11 is 11.2. The Balaban J connectivity index is 1.61. The SMILES string of the molecule is CC(C)(c1ccc(OC[C@H](O)Cn2nnc([123I])c2CO)cc1)c1ccc(OC[C@@H](O)CCl)c(Br)c1. The van der Waals surface area contributed by atoms with E-state index in [0.717, 1.165) is 15.6 Å². The zero-order valence-electron chi connectivity index (χ0n) is 19.4. The van der Waals surface area contributed by atoms with E-state index in [1.54, 1.807) is 0 Å². The lowest BCUT2D eigenvalue weighted by Gasteiger charge is -2.27. The third-order valence-electron chi connectivity index (χ3n) is 5.60. The molecule has 0 radical (unpaired) electrons. The van der Waals surface area contributed by atoms with Gasteiger partial charge in [0.2, 0.25) is 0 Å². The quantitative estimate of drug-likeness (QED) is 0.197. The lowest BCUT2D eigenvalue weighted by Crippen LogP contribution is -2.25. The highest BCUT2D eigenvalue weighted by Gasteiger charge is 2.24. The molecule has 0 saturated heterocycles. The lowest BCUT2D eigenvalue weighted by molar-refractivity contribution is 0.0866. The molecule has 2 aromatic carbocycles. The number of ether oxygens (including phenoxy) is 2. The zero-order chi connectivity index (χ0) is 25.6. The van der Waals surface area contributed by atoms with Gasteiger partial charge >= 0.3 is 0 Å². The Bertz CT molecular complexity index is 1110. The Kier molecular flexibility index (Phi) is 10.2. The summed E-state index contributed by atoms with van der Waals surface area (Å²) in [6.45, 7) is 4.45. The number of alkyl halides is 1. The molecule has 35 heavy (non-hydrogen) atoms. The first-order valence-corrected chi connectivity index (χ1v) is 13.3. The van der Waals surface area contributed by atoms with E-state index in [9.17, 15) is 15.3 Å². The molecule has 0 fully saturated rings. The number of benzene rings is 2. The standard InChI is InChI=1S/C24H28BrClIN3O5/c1-24(2,16-5-8-22(20(25)9-16)35-13-17(32)10-26)15-3-6-19(7-4-15)34-14-18(33)11-30-21(12-31)23(27)28-29-30/h3-9,17-18,31-33H,10-14H2,1-2H3/t17-,18+/m0/s1/i27-4. The summed E-state index contributed by atoms with van der Waals surface area (Å²) in [7, 11) is 0. The number of aliphatic hydroxyl groups is 3. The summed E-state index contributed by atoms with van der Waals surface area (Å²) in [5.74, 6) is 1.40. The van der Waals surface area contributed by atoms with Gasteiger partial charge in [0.15, 0.2) is 0 Å². The number of hydrogen-bond acceptors (Lipinski definition) is 7. The minimum Gasteiger partial charge on any atom is -0.491 e. The summed E-state index contributed by atoms with van der Waals surface area (Å²) in [6.07, 6.45) is -1.52. The molecule has 1 aromatic heterocycles. The van der Waals surface area contributed by atoms with Gasteiger partial charge in [-0.1, -0.05) is 37.3 Å². The van der Waals surface area contributed by atoms with Crippen LogP contribution in [0.3, 0.4) is 0 Å². The smallest absolute Gasteiger partial charge is 0.149 e. The number of aromatic nitrogens is 3. The van der Waals surface area contributed by atoms with Crippen molar-refractivity contribution in [1.29, 1.82) is 0 Å². The largest absolute Gasteiger partial charge is 0.491 e. The van der Waals surface area contributed by atoms with Gasteiger partial charge in [0.1, 0.15) is 40.6 Å². The Morgan fingerprint density at radius 1 is 1.06 bits per heavy atom. The molecule has 3 N–H and O–H groups in total. The highest BCUT2D eigenvalue weighted by Crippen LogP contribution is 2.36. The maximum Gasteiger partial charge on any atom is 0.149 e. The van der Waals surface area contributed by atoms with Crippen LogP contribution in [0.25, 0.3) is 0 Å². The van der Waals surface area contributed by atoms with Crippen LogP contribution >= 0.6 is 50.1 Å². The molecule has 2 atom stereocenters. The summed E-state index contributed by atoms with van der Waals surface area (Å²) < 4.78 is 14.3. The molecular weight excluding hydrogens is 649 g/mol. The van der Waals surface area contributed by atoms with E-state index in [-0.39, 0.29) is 37.7 Å². The van der Waals surface area contributed by atoms with Crippen molar-refractivity contribution in [3.63, 3.8) is 0 Å². The normalized spacial score (nSPS) is 13.5. The molecule has 0 spiro atoms. The maximum absolute atomic E-state index is 10.3. The Morgan fingerprint density at radius 2 is 1.71 bits per heavy atom. The average molecular weight is 677 g/mol. The number of aliphatic hydroxyl groups excluding tert-OH is 3. The van der Waals surface area contributed by atoms with Crippen molar-refractivity contribution in [3.8, 4) is 11.5 Å². The molecule has 190 valence electrons. The van der Waals surface area contributed by atoms with E-state index in [4.69, 9.17) is 21.1 Å². The summed E-state index contributed by atoms with van der Waals surface area (Å²) in [4.78, 5) is 0. The second-order valence-corrected chi connectivity index (χ2v) is 10.7. The topological polar surface area (TPSA) is 110 Å². The molecule has 0 amide bonds.